The Labute approximate surface area is 101 Å². The number of hydrogen-bond acceptors (Lipinski definition) is 3. The van der Waals surface area contributed by atoms with Gasteiger partial charge in [0.15, 0.2) is 0 Å². The van der Waals surface area contributed by atoms with Crippen LogP contribution in [0.4, 0.5) is 13.2 Å². The smallest absolute Gasteiger partial charge is 0.383 e. The van der Waals surface area contributed by atoms with Gasteiger partial charge in [0, 0.05) is 32.3 Å². The van der Waals surface area contributed by atoms with E-state index in [9.17, 15) is 13.2 Å². The maximum atomic E-state index is 12.0. The SMILES string of the molecule is COCCN(C(C)C)C(C)CNCC(F)(F)F. The molecule has 0 spiro atoms. The van der Waals surface area contributed by atoms with Gasteiger partial charge in [-0.05, 0) is 20.8 Å². The summed E-state index contributed by atoms with van der Waals surface area (Å²) in [7, 11) is 1.62. The van der Waals surface area contributed by atoms with Crippen molar-refractivity contribution in [2.75, 3.05) is 33.4 Å². The molecule has 0 radical (unpaired) electrons. The van der Waals surface area contributed by atoms with E-state index < -0.39 is 12.7 Å². The standard InChI is InChI=1S/C11H23F3N2O/c1-9(2)16(5-6-17-4)10(3)7-15-8-11(12,13)14/h9-10,15H,5-8H2,1-4H3. The second-order valence-corrected chi connectivity index (χ2v) is 4.42. The number of rotatable bonds is 8. The predicted molar refractivity (Wildman–Crippen MR) is 62.1 cm³/mol. The lowest BCUT2D eigenvalue weighted by atomic mass is 10.2. The molecule has 104 valence electrons. The molecule has 0 bridgehead atoms. The number of alkyl halides is 3. The highest BCUT2D eigenvalue weighted by Crippen LogP contribution is 2.12. The lowest BCUT2D eigenvalue weighted by Crippen LogP contribution is -2.47. The molecule has 0 aromatic rings. The highest BCUT2D eigenvalue weighted by atomic mass is 19.4. The summed E-state index contributed by atoms with van der Waals surface area (Å²) in [4.78, 5) is 2.12. The third-order valence-corrected chi connectivity index (χ3v) is 2.55. The Morgan fingerprint density at radius 2 is 1.82 bits per heavy atom. The summed E-state index contributed by atoms with van der Waals surface area (Å²) < 4.78 is 40.9. The van der Waals surface area contributed by atoms with Gasteiger partial charge in [0.05, 0.1) is 13.2 Å². The highest BCUT2D eigenvalue weighted by molar-refractivity contribution is 4.73. The van der Waals surface area contributed by atoms with Gasteiger partial charge in [-0.1, -0.05) is 0 Å². The van der Waals surface area contributed by atoms with Crippen LogP contribution in [0.1, 0.15) is 20.8 Å². The minimum Gasteiger partial charge on any atom is -0.383 e. The highest BCUT2D eigenvalue weighted by Gasteiger charge is 2.27. The van der Waals surface area contributed by atoms with E-state index in [1.807, 2.05) is 20.8 Å². The van der Waals surface area contributed by atoms with Crippen molar-refractivity contribution in [2.24, 2.45) is 0 Å². The summed E-state index contributed by atoms with van der Waals surface area (Å²) >= 11 is 0. The molecule has 17 heavy (non-hydrogen) atoms. The number of hydrogen-bond donors (Lipinski definition) is 1. The van der Waals surface area contributed by atoms with Crippen molar-refractivity contribution in [3.63, 3.8) is 0 Å². The van der Waals surface area contributed by atoms with Gasteiger partial charge in [-0.2, -0.15) is 13.2 Å². The monoisotopic (exact) mass is 256 g/mol. The number of methoxy groups -OCH3 is 1. The third kappa shape index (κ3) is 8.40. The first-order chi connectivity index (χ1) is 7.78. The Kier molecular flexibility index (Phi) is 7.74. The van der Waals surface area contributed by atoms with Crippen molar-refractivity contribution in [2.45, 2.75) is 39.0 Å². The van der Waals surface area contributed by atoms with Crippen molar-refractivity contribution in [1.29, 1.82) is 0 Å². The van der Waals surface area contributed by atoms with E-state index in [2.05, 4.69) is 10.2 Å². The first-order valence-corrected chi connectivity index (χ1v) is 5.80. The van der Waals surface area contributed by atoms with Crippen LogP contribution in [0.15, 0.2) is 0 Å². The quantitative estimate of drug-likeness (QED) is 0.717. The van der Waals surface area contributed by atoms with Crippen LogP contribution in [0.25, 0.3) is 0 Å². The van der Waals surface area contributed by atoms with E-state index in [1.165, 1.54) is 0 Å². The van der Waals surface area contributed by atoms with Crippen LogP contribution >= 0.6 is 0 Å². The Hall–Kier alpha value is -0.330. The van der Waals surface area contributed by atoms with Crippen LogP contribution < -0.4 is 5.32 Å². The lowest BCUT2D eigenvalue weighted by molar-refractivity contribution is -0.125. The zero-order valence-electron chi connectivity index (χ0n) is 11.0. The number of nitrogens with one attached hydrogen (secondary N) is 1. The van der Waals surface area contributed by atoms with E-state index >= 15 is 0 Å². The zero-order chi connectivity index (χ0) is 13.5. The fourth-order valence-electron chi connectivity index (χ4n) is 1.72. The normalized spacial score (nSPS) is 14.6. The maximum absolute atomic E-state index is 12.0. The molecule has 0 saturated carbocycles. The molecule has 0 aliphatic carbocycles. The average Bonchev–Trinajstić information content (AvgIpc) is 2.15. The summed E-state index contributed by atoms with van der Waals surface area (Å²) in [5, 5.41) is 2.43. The van der Waals surface area contributed by atoms with Crippen molar-refractivity contribution in [3.8, 4) is 0 Å². The molecule has 1 atom stereocenters. The molecule has 1 unspecified atom stereocenters. The number of nitrogens with zero attached hydrogens (tertiary/aromatic N) is 1. The maximum Gasteiger partial charge on any atom is 0.401 e. The van der Waals surface area contributed by atoms with E-state index in [-0.39, 0.29) is 12.1 Å². The minimum atomic E-state index is -4.14. The van der Waals surface area contributed by atoms with E-state index in [0.29, 0.717) is 13.2 Å². The molecule has 1 N–H and O–H groups in total. The molecule has 6 heteroatoms. The zero-order valence-corrected chi connectivity index (χ0v) is 11.0. The molecule has 0 heterocycles. The fraction of sp³-hybridized carbons (Fsp3) is 1.00. The van der Waals surface area contributed by atoms with Gasteiger partial charge in [-0.15, -0.1) is 0 Å². The molecular formula is C11H23F3N2O. The first kappa shape index (κ1) is 16.7. The molecule has 0 amide bonds. The van der Waals surface area contributed by atoms with Gasteiger partial charge in [-0.3, -0.25) is 4.90 Å². The summed E-state index contributed by atoms with van der Waals surface area (Å²) in [6.07, 6.45) is -4.14. The molecule has 3 nitrogen and oxygen atoms in total. The van der Waals surface area contributed by atoms with Crippen molar-refractivity contribution in [1.82, 2.24) is 10.2 Å². The van der Waals surface area contributed by atoms with Gasteiger partial charge in [0.25, 0.3) is 0 Å². The average molecular weight is 256 g/mol. The van der Waals surface area contributed by atoms with Gasteiger partial charge in [-0.25, -0.2) is 0 Å². The molecule has 0 aliphatic rings. The topological polar surface area (TPSA) is 24.5 Å². The van der Waals surface area contributed by atoms with E-state index in [0.717, 1.165) is 6.54 Å². The Balaban J connectivity index is 4.01. The van der Waals surface area contributed by atoms with Gasteiger partial charge >= 0.3 is 6.18 Å². The largest absolute Gasteiger partial charge is 0.401 e. The summed E-state index contributed by atoms with van der Waals surface area (Å²) in [6, 6.07) is 0.334. The van der Waals surface area contributed by atoms with Crippen LogP contribution in [0.5, 0.6) is 0 Å². The van der Waals surface area contributed by atoms with Crippen LogP contribution in [-0.2, 0) is 4.74 Å². The Bertz CT molecular complexity index is 198. The molecular weight excluding hydrogens is 233 g/mol. The van der Waals surface area contributed by atoms with Gasteiger partial charge in [0.2, 0.25) is 0 Å². The van der Waals surface area contributed by atoms with E-state index in [4.69, 9.17) is 4.74 Å². The summed E-state index contributed by atoms with van der Waals surface area (Å²) in [6.45, 7) is 6.66. The van der Waals surface area contributed by atoms with Gasteiger partial charge < -0.3 is 10.1 Å². The molecule has 0 fully saturated rings. The van der Waals surface area contributed by atoms with Crippen LogP contribution in [-0.4, -0.2) is 56.5 Å². The lowest BCUT2D eigenvalue weighted by Gasteiger charge is -2.32. The van der Waals surface area contributed by atoms with Crippen molar-refractivity contribution >= 4 is 0 Å². The Morgan fingerprint density at radius 1 is 1.24 bits per heavy atom. The second-order valence-electron chi connectivity index (χ2n) is 4.42. The van der Waals surface area contributed by atoms with Crippen LogP contribution in [0.3, 0.4) is 0 Å². The molecule has 0 aromatic heterocycles. The number of halogens is 3. The van der Waals surface area contributed by atoms with Crippen molar-refractivity contribution in [3.05, 3.63) is 0 Å². The van der Waals surface area contributed by atoms with Crippen molar-refractivity contribution < 1.29 is 17.9 Å². The molecule has 0 aliphatic heterocycles. The van der Waals surface area contributed by atoms with Crippen LogP contribution in [0.2, 0.25) is 0 Å². The second kappa shape index (κ2) is 7.89. The van der Waals surface area contributed by atoms with E-state index in [1.54, 1.807) is 7.11 Å². The third-order valence-electron chi connectivity index (χ3n) is 2.55. The molecule has 0 rings (SSSR count). The summed E-state index contributed by atoms with van der Waals surface area (Å²) in [5.74, 6) is 0. The predicted octanol–water partition coefficient (Wildman–Crippen LogP) is 1.88. The minimum absolute atomic E-state index is 0.0486. The Morgan fingerprint density at radius 3 is 2.24 bits per heavy atom. The first-order valence-electron chi connectivity index (χ1n) is 5.80. The molecule has 0 saturated heterocycles. The fourth-order valence-corrected chi connectivity index (χ4v) is 1.72. The van der Waals surface area contributed by atoms with Gasteiger partial charge in [0.1, 0.15) is 0 Å². The molecule has 0 aromatic carbocycles. The van der Waals surface area contributed by atoms with Crippen LogP contribution in [0, 0.1) is 0 Å². The number of ether oxygens (including phenoxy) is 1. The summed E-state index contributed by atoms with van der Waals surface area (Å²) in [5.41, 5.74) is 0.